The van der Waals surface area contributed by atoms with Gasteiger partial charge in [-0.25, -0.2) is 17.2 Å². The van der Waals surface area contributed by atoms with Crippen molar-refractivity contribution in [2.75, 3.05) is 26.8 Å². The summed E-state index contributed by atoms with van der Waals surface area (Å²) >= 11 is 0. The number of halogens is 2. The fourth-order valence-electron chi connectivity index (χ4n) is 2.27. The van der Waals surface area contributed by atoms with Crippen LogP contribution in [0.3, 0.4) is 0 Å². The maximum Gasteiger partial charge on any atom is 0.243 e. The van der Waals surface area contributed by atoms with Crippen LogP contribution in [0.1, 0.15) is 12.8 Å². The number of hydrogen-bond donors (Lipinski definition) is 1. The Labute approximate surface area is 122 Å². The van der Waals surface area contributed by atoms with E-state index in [4.69, 9.17) is 4.74 Å². The third-order valence-corrected chi connectivity index (χ3v) is 5.27. The normalized spacial score (nSPS) is 18.9. The molecule has 0 aliphatic carbocycles. The van der Waals surface area contributed by atoms with Crippen LogP contribution >= 0.6 is 0 Å². The minimum Gasteiger partial charge on any atom is -0.388 e. The molecule has 0 amide bonds. The summed E-state index contributed by atoms with van der Waals surface area (Å²) in [5, 5.41) is 10.3. The van der Waals surface area contributed by atoms with Gasteiger partial charge in [0.2, 0.25) is 10.0 Å². The number of sulfonamides is 1. The van der Waals surface area contributed by atoms with E-state index >= 15 is 0 Å². The average molecular weight is 321 g/mol. The van der Waals surface area contributed by atoms with Crippen LogP contribution in [0.4, 0.5) is 8.78 Å². The van der Waals surface area contributed by atoms with E-state index in [0.717, 1.165) is 16.4 Å². The second kappa shape index (κ2) is 5.96. The molecule has 0 radical (unpaired) electrons. The third kappa shape index (κ3) is 3.76. The number of rotatable bonds is 4. The Morgan fingerprint density at radius 3 is 2.29 bits per heavy atom. The fraction of sp³-hybridized carbons (Fsp3) is 0.538. The lowest BCUT2D eigenvalue weighted by atomic mass is 9.95. The van der Waals surface area contributed by atoms with Gasteiger partial charge in [-0.05, 0) is 12.1 Å². The van der Waals surface area contributed by atoms with Crippen molar-refractivity contribution in [3.05, 3.63) is 29.8 Å². The number of aliphatic hydroxyl groups is 1. The van der Waals surface area contributed by atoms with Crippen LogP contribution in [0.5, 0.6) is 0 Å². The molecule has 1 N–H and O–H groups in total. The van der Waals surface area contributed by atoms with E-state index in [1.54, 1.807) is 0 Å². The van der Waals surface area contributed by atoms with Crippen LogP contribution in [0.2, 0.25) is 0 Å². The Balaban J connectivity index is 2.22. The standard InChI is InChI=1S/C13H17F2NO4S/c1-16(9-13(17)2-4-20-5-3-13)21(18,19)12-7-10(14)6-11(15)8-12/h6-8,17H,2-5,9H2,1H3. The van der Waals surface area contributed by atoms with Crippen LogP contribution < -0.4 is 0 Å². The first-order valence-corrected chi connectivity index (χ1v) is 7.90. The first-order valence-electron chi connectivity index (χ1n) is 6.46. The van der Waals surface area contributed by atoms with Gasteiger partial charge in [0.25, 0.3) is 0 Å². The maximum atomic E-state index is 13.2. The molecule has 1 fully saturated rings. The lowest BCUT2D eigenvalue weighted by Gasteiger charge is -2.35. The molecule has 1 heterocycles. The molecule has 1 aliphatic heterocycles. The Bertz CT molecular complexity index is 594. The van der Waals surface area contributed by atoms with Crippen molar-refractivity contribution in [3.63, 3.8) is 0 Å². The summed E-state index contributed by atoms with van der Waals surface area (Å²) in [7, 11) is -2.80. The summed E-state index contributed by atoms with van der Waals surface area (Å²) in [6.45, 7) is 0.536. The van der Waals surface area contributed by atoms with Crippen molar-refractivity contribution < 1.29 is 27.0 Å². The topological polar surface area (TPSA) is 66.8 Å². The quantitative estimate of drug-likeness (QED) is 0.903. The van der Waals surface area contributed by atoms with Gasteiger partial charge in [-0.15, -0.1) is 0 Å². The van der Waals surface area contributed by atoms with Crippen LogP contribution in [0, 0.1) is 11.6 Å². The fourth-order valence-corrected chi connectivity index (χ4v) is 3.56. The van der Waals surface area contributed by atoms with E-state index in [1.165, 1.54) is 7.05 Å². The van der Waals surface area contributed by atoms with Crippen LogP contribution in [0.25, 0.3) is 0 Å². The van der Waals surface area contributed by atoms with Crippen LogP contribution in [-0.4, -0.2) is 50.2 Å². The van der Waals surface area contributed by atoms with Crippen molar-refractivity contribution in [1.82, 2.24) is 4.31 Å². The van der Waals surface area contributed by atoms with Gasteiger partial charge in [-0.1, -0.05) is 0 Å². The van der Waals surface area contributed by atoms with E-state index in [2.05, 4.69) is 0 Å². The summed E-state index contributed by atoms with van der Waals surface area (Å²) in [4.78, 5) is -0.474. The lowest BCUT2D eigenvalue weighted by molar-refractivity contribution is -0.0689. The zero-order valence-corrected chi connectivity index (χ0v) is 12.4. The highest BCUT2D eigenvalue weighted by Crippen LogP contribution is 2.25. The zero-order valence-electron chi connectivity index (χ0n) is 11.6. The van der Waals surface area contributed by atoms with Crippen LogP contribution in [-0.2, 0) is 14.8 Å². The summed E-state index contributed by atoms with van der Waals surface area (Å²) in [6, 6.07) is 2.11. The van der Waals surface area contributed by atoms with Gasteiger partial charge in [0.05, 0.1) is 10.5 Å². The largest absolute Gasteiger partial charge is 0.388 e. The molecular weight excluding hydrogens is 304 g/mol. The zero-order chi connectivity index (χ0) is 15.7. The molecule has 0 aromatic heterocycles. The minimum atomic E-state index is -4.07. The number of benzene rings is 1. The highest BCUT2D eigenvalue weighted by molar-refractivity contribution is 7.89. The van der Waals surface area contributed by atoms with E-state index in [1.807, 2.05) is 0 Å². The van der Waals surface area contributed by atoms with Gasteiger partial charge < -0.3 is 9.84 Å². The van der Waals surface area contributed by atoms with Gasteiger partial charge in [0.1, 0.15) is 11.6 Å². The predicted octanol–water partition coefficient (Wildman–Crippen LogP) is 1.13. The Hall–Kier alpha value is -1.09. The lowest BCUT2D eigenvalue weighted by Crippen LogP contribution is -2.47. The molecule has 5 nitrogen and oxygen atoms in total. The van der Waals surface area contributed by atoms with E-state index in [-0.39, 0.29) is 6.54 Å². The van der Waals surface area contributed by atoms with Crippen molar-refractivity contribution >= 4 is 10.0 Å². The minimum absolute atomic E-state index is 0.156. The Morgan fingerprint density at radius 1 is 1.24 bits per heavy atom. The predicted molar refractivity (Wildman–Crippen MR) is 71.2 cm³/mol. The Kier molecular flexibility index (Phi) is 4.62. The molecular formula is C13H17F2NO4S. The molecule has 118 valence electrons. The SMILES string of the molecule is CN(CC1(O)CCOCC1)S(=O)(=O)c1cc(F)cc(F)c1. The molecule has 1 aliphatic rings. The number of likely N-dealkylation sites (N-methyl/N-ethyl adjacent to an activating group) is 1. The number of ether oxygens (including phenoxy) is 1. The molecule has 2 rings (SSSR count). The molecule has 0 atom stereocenters. The van der Waals surface area contributed by atoms with Gasteiger partial charge >= 0.3 is 0 Å². The average Bonchev–Trinajstić information content (AvgIpc) is 2.37. The molecule has 1 aromatic rings. The summed E-state index contributed by atoms with van der Waals surface area (Å²) in [5.74, 6) is -1.93. The third-order valence-electron chi connectivity index (χ3n) is 3.48. The summed E-state index contributed by atoms with van der Waals surface area (Å²) < 4.78 is 57.0. The number of nitrogens with zero attached hydrogens (tertiary/aromatic N) is 1. The second-order valence-corrected chi connectivity index (χ2v) is 7.25. The first kappa shape index (κ1) is 16.3. The number of hydrogen-bond acceptors (Lipinski definition) is 4. The van der Waals surface area contributed by atoms with Crippen molar-refractivity contribution in [2.45, 2.75) is 23.3 Å². The molecule has 0 saturated carbocycles. The van der Waals surface area contributed by atoms with Crippen molar-refractivity contribution in [3.8, 4) is 0 Å². The molecule has 1 aromatic carbocycles. The van der Waals surface area contributed by atoms with Crippen molar-refractivity contribution in [1.29, 1.82) is 0 Å². The molecule has 21 heavy (non-hydrogen) atoms. The summed E-state index contributed by atoms with van der Waals surface area (Å²) in [5.41, 5.74) is -1.19. The second-order valence-electron chi connectivity index (χ2n) is 5.20. The molecule has 0 unspecified atom stereocenters. The monoisotopic (exact) mass is 321 g/mol. The van der Waals surface area contributed by atoms with Crippen LogP contribution in [0.15, 0.2) is 23.1 Å². The molecule has 8 heteroatoms. The van der Waals surface area contributed by atoms with E-state index in [0.29, 0.717) is 32.1 Å². The Morgan fingerprint density at radius 2 is 1.76 bits per heavy atom. The molecule has 0 spiro atoms. The van der Waals surface area contributed by atoms with Gasteiger partial charge in [0.15, 0.2) is 0 Å². The highest BCUT2D eigenvalue weighted by Gasteiger charge is 2.35. The van der Waals surface area contributed by atoms with Crippen molar-refractivity contribution in [2.24, 2.45) is 0 Å². The van der Waals surface area contributed by atoms with Gasteiger partial charge in [-0.3, -0.25) is 0 Å². The van der Waals surface area contributed by atoms with E-state index in [9.17, 15) is 22.3 Å². The van der Waals surface area contributed by atoms with E-state index < -0.39 is 32.2 Å². The maximum absolute atomic E-state index is 13.2. The highest BCUT2D eigenvalue weighted by atomic mass is 32.2. The van der Waals surface area contributed by atoms with Gasteiger partial charge in [0, 0.05) is 45.7 Å². The summed E-state index contributed by atoms with van der Waals surface area (Å²) in [6.07, 6.45) is 0.620. The molecule has 1 saturated heterocycles. The smallest absolute Gasteiger partial charge is 0.243 e. The molecule has 0 bridgehead atoms. The van der Waals surface area contributed by atoms with Gasteiger partial charge in [-0.2, -0.15) is 4.31 Å². The first-order chi connectivity index (χ1) is 9.73.